The van der Waals surface area contributed by atoms with Gasteiger partial charge >= 0.3 is 5.97 Å². The number of rotatable bonds is 4. The summed E-state index contributed by atoms with van der Waals surface area (Å²) in [6.45, 7) is 6.72. The number of fused-ring (bicyclic) bond motifs is 2. The van der Waals surface area contributed by atoms with Crippen LogP contribution in [0.25, 0.3) is 0 Å². The van der Waals surface area contributed by atoms with Crippen LogP contribution in [-0.2, 0) is 23.7 Å². The van der Waals surface area contributed by atoms with Gasteiger partial charge in [0, 0.05) is 11.5 Å². The van der Waals surface area contributed by atoms with Crippen molar-refractivity contribution in [3.8, 4) is 0 Å². The van der Waals surface area contributed by atoms with Crippen LogP contribution in [0.2, 0.25) is 0 Å². The first-order chi connectivity index (χ1) is 12.5. The van der Waals surface area contributed by atoms with Crippen molar-refractivity contribution in [3.63, 3.8) is 0 Å². The Morgan fingerprint density at radius 3 is 2.62 bits per heavy atom. The van der Waals surface area contributed by atoms with E-state index in [-0.39, 0.29) is 24.1 Å². The van der Waals surface area contributed by atoms with Crippen LogP contribution in [0.15, 0.2) is 24.3 Å². The van der Waals surface area contributed by atoms with E-state index >= 15 is 0 Å². The van der Waals surface area contributed by atoms with E-state index in [9.17, 15) is 9.90 Å². The van der Waals surface area contributed by atoms with Crippen molar-refractivity contribution in [2.45, 2.75) is 57.4 Å². The van der Waals surface area contributed by atoms with Crippen LogP contribution in [0.5, 0.6) is 0 Å². The Morgan fingerprint density at radius 1 is 1.23 bits per heavy atom. The van der Waals surface area contributed by atoms with Crippen LogP contribution >= 0.6 is 0 Å². The SMILES string of the molecule is CCOC(=O)C1[C@@H]2[C@@H](O)[C@@H]3O[C@H](c4ccc(C(C)C)cc4)OC[C@H]3O[C@H]12. The lowest BCUT2D eigenvalue weighted by atomic mass is 9.98. The molecule has 0 aromatic heterocycles. The van der Waals surface area contributed by atoms with Crippen molar-refractivity contribution in [2.75, 3.05) is 13.2 Å². The van der Waals surface area contributed by atoms with E-state index < -0.39 is 24.4 Å². The van der Waals surface area contributed by atoms with Crippen LogP contribution in [0.4, 0.5) is 0 Å². The number of hydrogen-bond donors (Lipinski definition) is 1. The fourth-order valence-electron chi connectivity index (χ4n) is 4.01. The van der Waals surface area contributed by atoms with Crippen molar-refractivity contribution >= 4 is 5.97 Å². The largest absolute Gasteiger partial charge is 0.466 e. The summed E-state index contributed by atoms with van der Waals surface area (Å²) in [5, 5.41) is 10.7. The molecule has 2 aliphatic heterocycles. The van der Waals surface area contributed by atoms with Gasteiger partial charge in [-0.25, -0.2) is 0 Å². The minimum absolute atomic E-state index is 0.252. The third-order valence-electron chi connectivity index (χ3n) is 5.56. The summed E-state index contributed by atoms with van der Waals surface area (Å²) in [7, 11) is 0. The van der Waals surface area contributed by atoms with E-state index in [1.807, 2.05) is 12.1 Å². The van der Waals surface area contributed by atoms with Crippen molar-refractivity contribution in [1.29, 1.82) is 0 Å². The first kappa shape index (κ1) is 17.9. The molecular weight excluding hydrogens is 336 g/mol. The van der Waals surface area contributed by atoms with Crippen LogP contribution in [0, 0.1) is 11.8 Å². The standard InChI is InChI=1S/C20H26O6/c1-4-23-19(22)15-14-16(21)17-13(25-18(14)15)9-24-20(26-17)12-7-5-11(6-8-12)10(2)3/h5-8,10,13-18,20-21H,4,9H2,1-3H3/t13-,14-,15?,16-,17-,18+,20-/m1/s1. The number of benzene rings is 1. The molecule has 3 fully saturated rings. The third kappa shape index (κ3) is 3.05. The maximum absolute atomic E-state index is 12.0. The summed E-state index contributed by atoms with van der Waals surface area (Å²) in [6.07, 6.45) is -2.45. The molecule has 2 heterocycles. The van der Waals surface area contributed by atoms with Gasteiger partial charge in [0.05, 0.1) is 31.3 Å². The van der Waals surface area contributed by atoms with Crippen LogP contribution in [0.3, 0.4) is 0 Å². The second-order valence-electron chi connectivity index (χ2n) is 7.57. The predicted octanol–water partition coefficient (Wildman–Crippen LogP) is 2.16. The summed E-state index contributed by atoms with van der Waals surface area (Å²) >= 11 is 0. The second-order valence-corrected chi connectivity index (χ2v) is 7.57. The van der Waals surface area contributed by atoms with Gasteiger partial charge in [-0.2, -0.15) is 0 Å². The van der Waals surface area contributed by atoms with Gasteiger partial charge in [0.15, 0.2) is 6.29 Å². The highest BCUT2D eigenvalue weighted by Gasteiger charge is 2.67. The third-order valence-corrected chi connectivity index (χ3v) is 5.56. The summed E-state index contributed by atoms with van der Waals surface area (Å²) in [5.41, 5.74) is 2.17. The molecule has 0 spiro atoms. The maximum atomic E-state index is 12.0. The van der Waals surface area contributed by atoms with Gasteiger partial charge in [-0.1, -0.05) is 38.1 Å². The number of ether oxygens (including phenoxy) is 4. The minimum Gasteiger partial charge on any atom is -0.466 e. The quantitative estimate of drug-likeness (QED) is 0.828. The van der Waals surface area contributed by atoms with E-state index in [0.717, 1.165) is 5.56 Å². The normalized spacial score (nSPS) is 38.4. The number of aliphatic hydroxyl groups is 1. The molecule has 4 rings (SSSR count). The maximum Gasteiger partial charge on any atom is 0.312 e. The molecule has 0 bridgehead atoms. The Balaban J connectivity index is 1.44. The van der Waals surface area contributed by atoms with Gasteiger partial charge in [0.2, 0.25) is 0 Å². The molecule has 0 amide bonds. The van der Waals surface area contributed by atoms with Gasteiger partial charge < -0.3 is 24.1 Å². The summed E-state index contributed by atoms with van der Waals surface area (Å²) in [6, 6.07) is 8.14. The summed E-state index contributed by atoms with van der Waals surface area (Å²) < 4.78 is 22.9. The van der Waals surface area contributed by atoms with E-state index in [2.05, 4.69) is 26.0 Å². The van der Waals surface area contributed by atoms with Gasteiger partial charge in [0.25, 0.3) is 0 Å². The molecule has 2 saturated heterocycles. The lowest BCUT2D eigenvalue weighted by Gasteiger charge is -2.41. The topological polar surface area (TPSA) is 74.2 Å². The number of carbonyl (C=O) groups excluding carboxylic acids is 1. The number of aliphatic hydroxyl groups excluding tert-OH is 1. The molecule has 1 aromatic carbocycles. The first-order valence-corrected chi connectivity index (χ1v) is 9.38. The average Bonchev–Trinajstić information content (AvgIpc) is 3.36. The monoisotopic (exact) mass is 362 g/mol. The highest BCUT2D eigenvalue weighted by molar-refractivity contribution is 5.77. The molecule has 1 aromatic rings. The van der Waals surface area contributed by atoms with E-state index in [1.54, 1.807) is 6.92 Å². The molecule has 0 radical (unpaired) electrons. The molecule has 6 heteroatoms. The molecule has 142 valence electrons. The Bertz CT molecular complexity index is 657. The highest BCUT2D eigenvalue weighted by Crippen LogP contribution is 2.52. The number of esters is 1. The van der Waals surface area contributed by atoms with E-state index in [0.29, 0.717) is 19.1 Å². The highest BCUT2D eigenvalue weighted by atomic mass is 16.7. The summed E-state index contributed by atoms with van der Waals surface area (Å²) in [5.74, 6) is -0.496. The zero-order chi connectivity index (χ0) is 18.4. The number of hydrogen-bond acceptors (Lipinski definition) is 6. The molecule has 3 aliphatic rings. The minimum atomic E-state index is -0.755. The molecule has 7 atom stereocenters. The molecule has 1 unspecified atom stereocenters. The lowest BCUT2D eigenvalue weighted by Crippen LogP contribution is -2.53. The summed E-state index contributed by atoms with van der Waals surface area (Å²) in [4.78, 5) is 12.0. The van der Waals surface area contributed by atoms with Gasteiger partial charge in [-0.3, -0.25) is 4.79 Å². The molecular formula is C20H26O6. The van der Waals surface area contributed by atoms with Gasteiger partial charge in [-0.05, 0) is 18.4 Å². The molecule has 1 saturated carbocycles. The number of carbonyl (C=O) groups is 1. The average molecular weight is 362 g/mol. The Hall–Kier alpha value is -1.47. The predicted molar refractivity (Wildman–Crippen MR) is 92.4 cm³/mol. The van der Waals surface area contributed by atoms with E-state index in [4.69, 9.17) is 18.9 Å². The fourth-order valence-corrected chi connectivity index (χ4v) is 4.01. The Morgan fingerprint density at radius 2 is 1.96 bits per heavy atom. The van der Waals surface area contributed by atoms with Crippen LogP contribution in [0.1, 0.15) is 44.1 Å². The molecule has 1 aliphatic carbocycles. The van der Waals surface area contributed by atoms with Crippen LogP contribution in [-0.4, -0.2) is 48.7 Å². The van der Waals surface area contributed by atoms with Crippen LogP contribution < -0.4 is 0 Å². The zero-order valence-corrected chi connectivity index (χ0v) is 15.3. The fraction of sp³-hybridized carbons (Fsp3) is 0.650. The van der Waals surface area contributed by atoms with Crippen molar-refractivity contribution in [3.05, 3.63) is 35.4 Å². The Labute approximate surface area is 153 Å². The van der Waals surface area contributed by atoms with E-state index in [1.165, 1.54) is 5.56 Å². The zero-order valence-electron chi connectivity index (χ0n) is 15.3. The van der Waals surface area contributed by atoms with Crippen molar-refractivity contribution in [2.24, 2.45) is 11.8 Å². The van der Waals surface area contributed by atoms with Gasteiger partial charge in [-0.15, -0.1) is 0 Å². The van der Waals surface area contributed by atoms with Gasteiger partial charge in [0.1, 0.15) is 12.2 Å². The molecule has 26 heavy (non-hydrogen) atoms. The Kier molecular flexibility index (Phi) is 4.77. The lowest BCUT2D eigenvalue weighted by molar-refractivity contribution is -0.300. The smallest absolute Gasteiger partial charge is 0.312 e. The van der Waals surface area contributed by atoms with Crippen molar-refractivity contribution < 1.29 is 28.8 Å². The molecule has 1 N–H and O–H groups in total. The molecule has 6 nitrogen and oxygen atoms in total. The first-order valence-electron chi connectivity index (χ1n) is 9.38. The second kappa shape index (κ2) is 6.93. The van der Waals surface area contributed by atoms with Crippen molar-refractivity contribution in [1.82, 2.24) is 0 Å².